The third-order valence-corrected chi connectivity index (χ3v) is 5.04. The van der Waals surface area contributed by atoms with Crippen molar-refractivity contribution in [1.82, 2.24) is 5.32 Å². The first-order chi connectivity index (χ1) is 13.0. The summed E-state index contributed by atoms with van der Waals surface area (Å²) in [5, 5.41) is 16.1. The molecule has 0 saturated carbocycles. The number of carbonyl (C=O) groups is 1. The number of carbonyl (C=O) groups excluding carboxylic acids is 1. The van der Waals surface area contributed by atoms with Crippen LogP contribution in [0.3, 0.4) is 0 Å². The molecule has 1 amide bonds. The molecule has 2 rings (SSSR count). The van der Waals surface area contributed by atoms with Crippen molar-refractivity contribution in [3.63, 3.8) is 0 Å². The lowest BCUT2D eigenvalue weighted by molar-refractivity contribution is -0.384. The molecule has 8 nitrogen and oxygen atoms in total. The van der Waals surface area contributed by atoms with Crippen molar-refractivity contribution < 1.29 is 31.3 Å². The average molecular weight is 417 g/mol. The van der Waals surface area contributed by atoms with Crippen molar-refractivity contribution in [3.05, 3.63) is 64.2 Å². The van der Waals surface area contributed by atoms with Gasteiger partial charge in [0.25, 0.3) is 15.5 Å². The molecule has 0 heterocycles. The van der Waals surface area contributed by atoms with Gasteiger partial charge >= 0.3 is 5.51 Å². The molecular weight excluding hydrogens is 403 g/mol. The van der Waals surface area contributed by atoms with Gasteiger partial charge in [-0.3, -0.25) is 14.9 Å². The summed E-state index contributed by atoms with van der Waals surface area (Å²) in [5.74, 6) is -0.523. The summed E-state index contributed by atoms with van der Waals surface area (Å²) in [4.78, 5) is 20.6. The molecule has 2 N–H and O–H groups in total. The highest BCUT2D eigenvalue weighted by molar-refractivity contribution is 7.92. The van der Waals surface area contributed by atoms with Crippen LogP contribution >= 0.6 is 0 Å². The summed E-state index contributed by atoms with van der Waals surface area (Å²) in [6.07, 6.45) is 0. The van der Waals surface area contributed by atoms with E-state index in [1.54, 1.807) is 30.3 Å². The van der Waals surface area contributed by atoms with Crippen LogP contribution in [0.1, 0.15) is 5.56 Å². The van der Waals surface area contributed by atoms with E-state index in [0.29, 0.717) is 12.1 Å². The second kappa shape index (κ2) is 8.25. The number of rotatable bonds is 7. The first kappa shape index (κ1) is 21.2. The van der Waals surface area contributed by atoms with E-state index in [0.717, 1.165) is 11.6 Å². The number of halogens is 3. The van der Waals surface area contributed by atoms with Gasteiger partial charge in [0.05, 0.1) is 16.4 Å². The zero-order chi connectivity index (χ0) is 20.9. The number of alkyl halides is 3. The van der Waals surface area contributed by atoms with Gasteiger partial charge in [-0.25, -0.2) is 8.42 Å². The van der Waals surface area contributed by atoms with Crippen LogP contribution in [0.25, 0.3) is 0 Å². The quantitative estimate of drug-likeness (QED) is 0.528. The molecule has 0 aliphatic carbocycles. The molecule has 2 aromatic carbocycles. The second-order valence-electron chi connectivity index (χ2n) is 5.50. The molecular formula is C16H14F3N3O5S. The number of nitrogens with one attached hydrogen (secondary N) is 2. The third kappa shape index (κ3) is 4.97. The first-order valence-corrected chi connectivity index (χ1v) is 9.15. The lowest BCUT2D eigenvalue weighted by Crippen LogP contribution is -2.29. The molecule has 0 atom stereocenters. The Labute approximate surface area is 157 Å². The molecule has 0 aliphatic heterocycles. The molecule has 28 heavy (non-hydrogen) atoms. The Morgan fingerprint density at radius 1 is 1.11 bits per heavy atom. The normalized spacial score (nSPS) is 11.7. The molecule has 2 aromatic rings. The highest BCUT2D eigenvalue weighted by atomic mass is 32.2. The smallest absolute Gasteiger partial charge is 0.371 e. The summed E-state index contributed by atoms with van der Waals surface area (Å²) >= 11 is 0. The van der Waals surface area contributed by atoms with Gasteiger partial charge in [-0.15, -0.1) is 0 Å². The van der Waals surface area contributed by atoms with E-state index >= 15 is 0 Å². The summed E-state index contributed by atoms with van der Waals surface area (Å²) in [5.41, 5.74) is -5.96. The molecule has 0 radical (unpaired) electrons. The van der Waals surface area contributed by atoms with E-state index in [4.69, 9.17) is 0 Å². The van der Waals surface area contributed by atoms with Crippen molar-refractivity contribution in [2.75, 3.05) is 11.9 Å². The van der Waals surface area contributed by atoms with Gasteiger partial charge in [-0.2, -0.15) is 13.2 Å². The first-order valence-electron chi connectivity index (χ1n) is 7.66. The van der Waals surface area contributed by atoms with Crippen LogP contribution in [0.5, 0.6) is 0 Å². The van der Waals surface area contributed by atoms with Crippen molar-refractivity contribution in [2.24, 2.45) is 0 Å². The van der Waals surface area contributed by atoms with Gasteiger partial charge in [0.2, 0.25) is 5.91 Å². The molecule has 0 saturated heterocycles. The number of nitro groups is 1. The summed E-state index contributed by atoms with van der Waals surface area (Å²) in [6.45, 7) is -0.189. The largest absolute Gasteiger partial charge is 0.501 e. The lowest BCUT2D eigenvalue weighted by Gasteiger charge is -2.11. The summed E-state index contributed by atoms with van der Waals surface area (Å²) < 4.78 is 60.6. The Morgan fingerprint density at radius 3 is 2.32 bits per heavy atom. The Hall–Kier alpha value is -3.15. The Bertz CT molecular complexity index is 979. The summed E-state index contributed by atoms with van der Waals surface area (Å²) in [6, 6.07) is 10.6. The monoisotopic (exact) mass is 417 g/mol. The van der Waals surface area contributed by atoms with Crippen molar-refractivity contribution in [3.8, 4) is 0 Å². The van der Waals surface area contributed by atoms with E-state index < -0.39 is 43.3 Å². The van der Waals surface area contributed by atoms with Crippen LogP contribution in [0.15, 0.2) is 53.4 Å². The second-order valence-corrected chi connectivity index (χ2v) is 7.44. The van der Waals surface area contributed by atoms with E-state index in [1.807, 2.05) is 0 Å². The summed E-state index contributed by atoms with van der Waals surface area (Å²) in [7, 11) is -5.73. The lowest BCUT2D eigenvalue weighted by atomic mass is 10.2. The predicted molar refractivity (Wildman–Crippen MR) is 93.1 cm³/mol. The van der Waals surface area contributed by atoms with E-state index in [1.165, 1.54) is 0 Å². The van der Waals surface area contributed by atoms with E-state index in [2.05, 4.69) is 10.6 Å². The van der Waals surface area contributed by atoms with Crippen molar-refractivity contribution >= 4 is 27.1 Å². The molecule has 0 bridgehead atoms. The Morgan fingerprint density at radius 2 is 1.75 bits per heavy atom. The minimum Gasteiger partial charge on any atom is -0.371 e. The minimum atomic E-state index is -5.73. The molecule has 12 heteroatoms. The van der Waals surface area contributed by atoms with Crippen LogP contribution in [0, 0.1) is 10.1 Å². The number of hydrogen-bond donors (Lipinski definition) is 2. The molecule has 0 fully saturated rings. The molecule has 0 spiro atoms. The maximum atomic E-state index is 12.6. The number of hydrogen-bond acceptors (Lipinski definition) is 6. The topological polar surface area (TPSA) is 118 Å². The number of amides is 1. The van der Waals surface area contributed by atoms with Gasteiger partial charge in [0, 0.05) is 12.6 Å². The van der Waals surface area contributed by atoms with Crippen molar-refractivity contribution in [1.29, 1.82) is 0 Å². The number of nitrogens with zero attached hydrogens (tertiary/aromatic N) is 1. The fraction of sp³-hybridized carbons (Fsp3) is 0.188. The minimum absolute atomic E-state index is 0.214. The van der Waals surface area contributed by atoms with Crippen molar-refractivity contribution in [2.45, 2.75) is 16.9 Å². The van der Waals surface area contributed by atoms with E-state index in [9.17, 15) is 36.5 Å². The van der Waals surface area contributed by atoms with Crippen LogP contribution in [0.4, 0.5) is 24.5 Å². The van der Waals surface area contributed by atoms with Gasteiger partial charge in [-0.05, 0) is 17.7 Å². The zero-order valence-corrected chi connectivity index (χ0v) is 14.9. The fourth-order valence-corrected chi connectivity index (χ4v) is 2.93. The number of sulfone groups is 1. The Kier molecular flexibility index (Phi) is 6.23. The van der Waals surface area contributed by atoms with Gasteiger partial charge < -0.3 is 10.6 Å². The fourth-order valence-electron chi connectivity index (χ4n) is 2.15. The number of benzene rings is 2. The van der Waals surface area contributed by atoms with Crippen LogP contribution < -0.4 is 10.6 Å². The maximum Gasteiger partial charge on any atom is 0.501 e. The standard InChI is InChI=1S/C16H14F3N3O5S/c17-16(18,19)28(26,27)12-6-7-13(14(8-12)22(24)25)20-10-15(23)21-9-11-4-2-1-3-5-11/h1-8,20H,9-10H2,(H,21,23). The highest BCUT2D eigenvalue weighted by Crippen LogP contribution is 2.34. The molecule has 0 aromatic heterocycles. The third-order valence-electron chi connectivity index (χ3n) is 3.55. The Balaban J connectivity index is 2.11. The average Bonchev–Trinajstić information content (AvgIpc) is 2.64. The molecule has 0 unspecified atom stereocenters. The number of anilines is 1. The molecule has 150 valence electrons. The van der Waals surface area contributed by atoms with Gasteiger partial charge in [0.15, 0.2) is 0 Å². The van der Waals surface area contributed by atoms with Gasteiger partial charge in [-0.1, -0.05) is 30.3 Å². The SMILES string of the molecule is O=C(CNc1ccc(S(=O)(=O)C(F)(F)F)cc1[N+](=O)[O-])NCc1ccccc1. The van der Waals surface area contributed by atoms with E-state index in [-0.39, 0.29) is 12.2 Å². The van der Waals surface area contributed by atoms with Crippen LogP contribution in [0.2, 0.25) is 0 Å². The van der Waals surface area contributed by atoms with Crippen LogP contribution in [-0.4, -0.2) is 31.3 Å². The predicted octanol–water partition coefficient (Wildman–Crippen LogP) is 2.62. The number of nitro benzene ring substituents is 1. The highest BCUT2D eigenvalue weighted by Gasteiger charge is 2.47. The van der Waals surface area contributed by atoms with Gasteiger partial charge in [0.1, 0.15) is 5.69 Å². The molecule has 0 aliphatic rings. The van der Waals surface area contributed by atoms with Crippen LogP contribution in [-0.2, 0) is 21.2 Å². The zero-order valence-electron chi connectivity index (χ0n) is 14.1. The maximum absolute atomic E-state index is 12.6.